The largest absolute Gasteiger partial charge is 0.437 e. The maximum absolute atomic E-state index is 11.6. The van der Waals surface area contributed by atoms with Crippen LogP contribution in [0.15, 0.2) is 29.2 Å². The molecule has 1 aromatic carbocycles. The molecule has 1 aromatic heterocycles. The molecule has 0 saturated carbocycles. The highest BCUT2D eigenvalue weighted by atomic mass is 32.2. The Bertz CT molecular complexity index is 773. The normalized spacial score (nSPS) is 11.4. The molecule has 0 spiro atoms. The second kappa shape index (κ2) is 5.79. The first kappa shape index (κ1) is 15.4. The van der Waals surface area contributed by atoms with E-state index in [2.05, 4.69) is 10.2 Å². The number of nitrogens with two attached hydrogens (primary N) is 1. The van der Waals surface area contributed by atoms with E-state index in [1.165, 1.54) is 12.1 Å². The fourth-order valence-electron chi connectivity index (χ4n) is 1.84. The lowest BCUT2D eigenvalue weighted by Gasteiger charge is -2.12. The second-order valence-electron chi connectivity index (χ2n) is 4.75. The zero-order valence-corrected chi connectivity index (χ0v) is 12.9. The van der Waals surface area contributed by atoms with Crippen LogP contribution in [0.3, 0.4) is 0 Å². The van der Waals surface area contributed by atoms with Gasteiger partial charge in [-0.05, 0) is 37.6 Å². The Morgan fingerprint density at radius 2 is 1.95 bits per heavy atom. The van der Waals surface area contributed by atoms with E-state index in [1.54, 1.807) is 12.1 Å². The summed E-state index contributed by atoms with van der Waals surface area (Å²) >= 11 is 0. The highest BCUT2D eigenvalue weighted by Crippen LogP contribution is 2.27. The van der Waals surface area contributed by atoms with E-state index >= 15 is 0 Å². The van der Waals surface area contributed by atoms with Crippen LogP contribution in [0, 0.1) is 13.8 Å². The van der Waals surface area contributed by atoms with Gasteiger partial charge in [0.15, 0.2) is 9.84 Å². The molecule has 0 aliphatic rings. The van der Waals surface area contributed by atoms with E-state index < -0.39 is 9.84 Å². The van der Waals surface area contributed by atoms with Gasteiger partial charge in [-0.15, -0.1) is 5.10 Å². The Morgan fingerprint density at radius 1 is 1.24 bits per heavy atom. The number of sulfone groups is 1. The van der Waals surface area contributed by atoms with Crippen molar-refractivity contribution in [1.82, 2.24) is 10.2 Å². The van der Waals surface area contributed by atoms with Gasteiger partial charge in [0.2, 0.25) is 5.88 Å². The van der Waals surface area contributed by atoms with Crippen LogP contribution in [0.25, 0.3) is 0 Å². The zero-order valence-electron chi connectivity index (χ0n) is 12.1. The Labute approximate surface area is 123 Å². The summed E-state index contributed by atoms with van der Waals surface area (Å²) in [5.74, 6) is 0.677. The number of rotatable bonds is 4. The number of aromatic nitrogens is 2. The molecule has 112 valence electrons. The van der Waals surface area contributed by atoms with Gasteiger partial charge in [0.05, 0.1) is 10.6 Å². The Hall–Kier alpha value is -1.99. The Morgan fingerprint density at radius 3 is 2.57 bits per heavy atom. The Kier molecular flexibility index (Phi) is 4.24. The van der Waals surface area contributed by atoms with E-state index in [9.17, 15) is 8.42 Å². The summed E-state index contributed by atoms with van der Waals surface area (Å²) in [6, 6.07) is 6.23. The zero-order chi connectivity index (χ0) is 15.6. The molecule has 0 atom stereocenters. The number of aryl methyl sites for hydroxylation is 1. The van der Waals surface area contributed by atoms with Crippen LogP contribution in [-0.2, 0) is 16.4 Å². The number of benzene rings is 1. The van der Waals surface area contributed by atoms with Crippen LogP contribution in [-0.4, -0.2) is 24.9 Å². The predicted molar refractivity (Wildman–Crippen MR) is 79.0 cm³/mol. The molecule has 2 aromatic rings. The van der Waals surface area contributed by atoms with Crippen LogP contribution >= 0.6 is 0 Å². The molecular weight excluding hydrogens is 290 g/mol. The van der Waals surface area contributed by atoms with Gasteiger partial charge in [0.25, 0.3) is 0 Å². The quantitative estimate of drug-likeness (QED) is 0.924. The van der Waals surface area contributed by atoms with Crippen molar-refractivity contribution in [2.75, 3.05) is 6.26 Å². The molecule has 0 aliphatic carbocycles. The van der Waals surface area contributed by atoms with Crippen molar-refractivity contribution in [2.24, 2.45) is 5.73 Å². The summed E-state index contributed by atoms with van der Waals surface area (Å²) < 4.78 is 28.8. The number of nitrogens with zero attached hydrogens (tertiary/aromatic N) is 2. The minimum atomic E-state index is -3.29. The Balaban J connectivity index is 2.42. The van der Waals surface area contributed by atoms with Crippen molar-refractivity contribution in [3.8, 4) is 11.6 Å². The molecule has 21 heavy (non-hydrogen) atoms. The first-order valence-corrected chi connectivity index (χ1v) is 8.23. The van der Waals surface area contributed by atoms with Crippen LogP contribution in [0.2, 0.25) is 0 Å². The van der Waals surface area contributed by atoms with Gasteiger partial charge >= 0.3 is 0 Å². The van der Waals surface area contributed by atoms with Gasteiger partial charge in [-0.25, -0.2) is 8.42 Å². The van der Waals surface area contributed by atoms with E-state index in [-0.39, 0.29) is 11.4 Å². The first-order chi connectivity index (χ1) is 9.82. The van der Waals surface area contributed by atoms with Crippen molar-refractivity contribution in [3.05, 3.63) is 41.1 Å². The van der Waals surface area contributed by atoms with Crippen LogP contribution in [0.4, 0.5) is 0 Å². The van der Waals surface area contributed by atoms with E-state index in [0.717, 1.165) is 23.1 Å². The molecule has 0 amide bonds. The average Bonchev–Trinajstić information content (AvgIpc) is 2.43. The minimum Gasteiger partial charge on any atom is -0.437 e. The highest BCUT2D eigenvalue weighted by Gasteiger charge is 2.13. The van der Waals surface area contributed by atoms with E-state index in [4.69, 9.17) is 10.5 Å². The molecule has 1 heterocycles. The molecule has 2 rings (SSSR count). The predicted octanol–water partition coefficient (Wildman–Crippen LogP) is 1.75. The molecule has 0 unspecified atom stereocenters. The summed E-state index contributed by atoms with van der Waals surface area (Å²) in [5.41, 5.74) is 8.19. The smallest absolute Gasteiger partial charge is 0.243 e. The SMILES string of the molecule is Cc1nnc(Oc2cccc(S(C)(=O)=O)c2)c(CN)c1C. The number of hydrogen-bond acceptors (Lipinski definition) is 6. The third-order valence-electron chi connectivity index (χ3n) is 3.20. The first-order valence-electron chi connectivity index (χ1n) is 6.33. The van der Waals surface area contributed by atoms with Crippen molar-refractivity contribution < 1.29 is 13.2 Å². The van der Waals surface area contributed by atoms with Crippen molar-refractivity contribution in [2.45, 2.75) is 25.3 Å². The van der Waals surface area contributed by atoms with Crippen molar-refractivity contribution >= 4 is 9.84 Å². The molecule has 0 radical (unpaired) electrons. The summed E-state index contributed by atoms with van der Waals surface area (Å²) in [7, 11) is -3.29. The summed E-state index contributed by atoms with van der Waals surface area (Å²) in [6.45, 7) is 4.00. The lowest BCUT2D eigenvalue weighted by atomic mass is 10.1. The number of ether oxygens (including phenoxy) is 1. The molecular formula is C14H17N3O3S. The minimum absolute atomic E-state index is 0.186. The third kappa shape index (κ3) is 3.37. The average molecular weight is 307 g/mol. The van der Waals surface area contributed by atoms with Crippen molar-refractivity contribution in [1.29, 1.82) is 0 Å². The molecule has 6 nitrogen and oxygen atoms in total. The highest BCUT2D eigenvalue weighted by molar-refractivity contribution is 7.90. The van der Waals surface area contributed by atoms with Gasteiger partial charge in [-0.2, -0.15) is 5.10 Å². The molecule has 2 N–H and O–H groups in total. The second-order valence-corrected chi connectivity index (χ2v) is 6.76. The van der Waals surface area contributed by atoms with Gasteiger partial charge in [-0.3, -0.25) is 0 Å². The van der Waals surface area contributed by atoms with E-state index in [1.807, 2.05) is 13.8 Å². The van der Waals surface area contributed by atoms with E-state index in [0.29, 0.717) is 11.6 Å². The summed E-state index contributed by atoms with van der Waals surface area (Å²) in [4.78, 5) is 0.186. The maximum atomic E-state index is 11.6. The number of hydrogen-bond donors (Lipinski definition) is 1. The van der Waals surface area contributed by atoms with Crippen molar-refractivity contribution in [3.63, 3.8) is 0 Å². The van der Waals surface area contributed by atoms with Crippen LogP contribution in [0.5, 0.6) is 11.6 Å². The molecule has 0 saturated heterocycles. The fourth-order valence-corrected chi connectivity index (χ4v) is 2.49. The molecule has 0 aliphatic heterocycles. The molecule has 7 heteroatoms. The van der Waals surface area contributed by atoms with Crippen LogP contribution < -0.4 is 10.5 Å². The van der Waals surface area contributed by atoms with Gasteiger partial charge in [-0.1, -0.05) is 6.07 Å². The van der Waals surface area contributed by atoms with Gasteiger partial charge in [0.1, 0.15) is 5.75 Å². The maximum Gasteiger partial charge on any atom is 0.243 e. The lowest BCUT2D eigenvalue weighted by Crippen LogP contribution is -2.07. The van der Waals surface area contributed by atoms with Gasteiger partial charge in [0, 0.05) is 18.4 Å². The van der Waals surface area contributed by atoms with Gasteiger partial charge < -0.3 is 10.5 Å². The van der Waals surface area contributed by atoms with Crippen LogP contribution in [0.1, 0.15) is 16.8 Å². The molecule has 0 fully saturated rings. The third-order valence-corrected chi connectivity index (χ3v) is 4.31. The standard InChI is InChI=1S/C14H17N3O3S/c1-9-10(2)16-17-14(13(9)8-15)20-11-5-4-6-12(7-11)21(3,18)19/h4-7H,8,15H2,1-3H3. The summed E-state index contributed by atoms with van der Waals surface area (Å²) in [6.07, 6.45) is 1.15. The summed E-state index contributed by atoms with van der Waals surface area (Å²) in [5, 5.41) is 8.00. The monoisotopic (exact) mass is 307 g/mol. The molecule has 0 bridgehead atoms. The fraction of sp³-hybridized carbons (Fsp3) is 0.286. The lowest BCUT2D eigenvalue weighted by molar-refractivity contribution is 0.445. The topological polar surface area (TPSA) is 95.2 Å².